The molecule has 2 unspecified atom stereocenters. The number of ether oxygens (including phenoxy) is 2. The first-order valence-electron chi connectivity index (χ1n) is 7.91. The molecular formula is C16H21O6P. The molecule has 1 saturated heterocycles. The second-order valence-corrected chi connectivity index (χ2v) is 6.94. The van der Waals surface area contributed by atoms with Crippen LogP contribution in [-0.2, 0) is 29.3 Å². The summed E-state index contributed by atoms with van der Waals surface area (Å²) >= 11 is 0. The average molecular weight is 340 g/mol. The van der Waals surface area contributed by atoms with Crippen molar-refractivity contribution in [3.63, 3.8) is 0 Å². The monoisotopic (exact) mass is 340 g/mol. The molecule has 0 aromatic heterocycles. The molecule has 2 heterocycles. The summed E-state index contributed by atoms with van der Waals surface area (Å²) in [6.45, 7) is 4.31. The lowest BCUT2D eigenvalue weighted by Gasteiger charge is -2.21. The number of phosphoric ester groups is 1. The number of aryl methyl sites for hydroxylation is 1. The standard InChI is InChI=1S/C16H21O6P/c1-3-5-6-15(19-13-9-7-12(4-2)8-10-13)20-16-14-11-18-23(17,21-14)22-16/h7-10,15H,3-6,11H2,1-2H3. The number of unbranched alkanes of at least 4 members (excludes halogenated alkanes) is 1. The maximum absolute atomic E-state index is 11.8. The molecule has 1 aromatic rings. The summed E-state index contributed by atoms with van der Waals surface area (Å²) in [5.74, 6) is 1.17. The molecule has 0 radical (unpaired) electrons. The van der Waals surface area contributed by atoms with E-state index < -0.39 is 14.1 Å². The van der Waals surface area contributed by atoms with E-state index in [0.717, 1.165) is 25.0 Å². The van der Waals surface area contributed by atoms with E-state index in [1.54, 1.807) is 0 Å². The number of fused-ring (bicyclic) bond motifs is 2. The Morgan fingerprint density at radius 1 is 1.17 bits per heavy atom. The Hall–Kier alpha value is -1.65. The summed E-state index contributed by atoms with van der Waals surface area (Å²) in [4.78, 5) is 0. The van der Waals surface area contributed by atoms with Crippen LogP contribution in [-0.4, -0.2) is 12.9 Å². The lowest BCUT2D eigenvalue weighted by atomic mass is 10.2. The van der Waals surface area contributed by atoms with Crippen molar-refractivity contribution in [1.82, 2.24) is 0 Å². The summed E-state index contributed by atoms with van der Waals surface area (Å²) < 4.78 is 38.6. The fourth-order valence-corrected chi connectivity index (χ4v) is 3.46. The van der Waals surface area contributed by atoms with Gasteiger partial charge in [0.1, 0.15) is 12.4 Å². The van der Waals surface area contributed by atoms with E-state index in [4.69, 9.17) is 23.0 Å². The molecule has 7 heteroatoms. The number of phosphoric acid groups is 1. The molecule has 2 bridgehead atoms. The predicted octanol–water partition coefficient (Wildman–Crippen LogP) is 4.51. The molecule has 0 spiro atoms. The summed E-state index contributed by atoms with van der Waals surface area (Å²) in [5.41, 5.74) is 1.24. The van der Waals surface area contributed by atoms with Crippen LogP contribution in [0.15, 0.2) is 36.0 Å². The van der Waals surface area contributed by atoms with Gasteiger partial charge in [-0.2, -0.15) is 0 Å². The first-order chi connectivity index (χ1) is 11.1. The summed E-state index contributed by atoms with van der Waals surface area (Å²) in [6.07, 6.45) is 3.10. The third-order valence-corrected chi connectivity index (χ3v) is 4.91. The third-order valence-electron chi connectivity index (χ3n) is 3.63. The lowest BCUT2D eigenvalue weighted by Crippen LogP contribution is -2.21. The fourth-order valence-electron chi connectivity index (χ4n) is 2.29. The highest BCUT2D eigenvalue weighted by Crippen LogP contribution is 2.63. The molecule has 126 valence electrons. The fraction of sp³-hybridized carbons (Fsp3) is 0.500. The molecule has 0 saturated carbocycles. The van der Waals surface area contributed by atoms with E-state index in [1.165, 1.54) is 5.56 Å². The van der Waals surface area contributed by atoms with E-state index in [-0.39, 0.29) is 12.6 Å². The molecule has 6 nitrogen and oxygen atoms in total. The first kappa shape index (κ1) is 16.2. The minimum Gasteiger partial charge on any atom is -0.455 e. The largest absolute Gasteiger partial charge is 0.590 e. The van der Waals surface area contributed by atoms with Crippen molar-refractivity contribution in [2.45, 2.75) is 45.8 Å². The zero-order valence-electron chi connectivity index (χ0n) is 13.3. The van der Waals surface area contributed by atoms with Crippen LogP contribution >= 0.6 is 7.82 Å². The van der Waals surface area contributed by atoms with Gasteiger partial charge in [-0.3, -0.25) is 4.52 Å². The van der Waals surface area contributed by atoms with Gasteiger partial charge in [0.25, 0.3) is 0 Å². The summed E-state index contributed by atoms with van der Waals surface area (Å²) in [6, 6.07) is 7.89. The summed E-state index contributed by atoms with van der Waals surface area (Å²) in [7, 11) is -3.46. The van der Waals surface area contributed by atoms with Crippen molar-refractivity contribution in [2.75, 3.05) is 6.61 Å². The van der Waals surface area contributed by atoms with Crippen molar-refractivity contribution >= 4 is 7.82 Å². The second kappa shape index (κ2) is 6.85. The molecule has 1 fully saturated rings. The van der Waals surface area contributed by atoms with E-state index in [1.807, 2.05) is 24.3 Å². The number of benzene rings is 1. The van der Waals surface area contributed by atoms with Crippen molar-refractivity contribution in [3.8, 4) is 5.75 Å². The molecule has 0 aliphatic carbocycles. The van der Waals surface area contributed by atoms with Gasteiger partial charge in [0.15, 0.2) is 0 Å². The predicted molar refractivity (Wildman–Crippen MR) is 83.6 cm³/mol. The number of rotatable bonds is 8. The highest BCUT2D eigenvalue weighted by atomic mass is 31.2. The maximum atomic E-state index is 11.8. The van der Waals surface area contributed by atoms with Gasteiger partial charge in [-0.25, -0.2) is 4.57 Å². The van der Waals surface area contributed by atoms with Crippen molar-refractivity contribution in [3.05, 3.63) is 41.5 Å². The Kier molecular flexibility index (Phi) is 4.83. The normalized spacial score (nSPS) is 23.4. The van der Waals surface area contributed by atoms with Gasteiger partial charge < -0.3 is 18.5 Å². The molecule has 0 N–H and O–H groups in total. The first-order valence-corrected chi connectivity index (χ1v) is 9.37. The highest BCUT2D eigenvalue weighted by Gasteiger charge is 2.49. The van der Waals surface area contributed by atoms with Gasteiger partial charge in [0.05, 0.1) is 0 Å². The van der Waals surface area contributed by atoms with Crippen LogP contribution in [0.1, 0.15) is 38.7 Å². The van der Waals surface area contributed by atoms with Gasteiger partial charge in [-0.05, 0) is 30.5 Å². The Morgan fingerprint density at radius 2 is 1.96 bits per heavy atom. The average Bonchev–Trinajstić information content (AvgIpc) is 3.08. The molecule has 2 aliphatic heterocycles. The van der Waals surface area contributed by atoms with E-state index in [9.17, 15) is 4.57 Å². The molecule has 2 aliphatic rings. The van der Waals surface area contributed by atoms with Crippen LogP contribution in [0.4, 0.5) is 0 Å². The minimum atomic E-state index is -3.46. The SMILES string of the molecule is CCCCC(OC1=C2COP(=O)(O2)O1)Oc1ccc(CC)cc1. The van der Waals surface area contributed by atoms with E-state index in [0.29, 0.717) is 12.2 Å². The number of hydrogen-bond donors (Lipinski definition) is 0. The Labute approximate surface area is 135 Å². The van der Waals surface area contributed by atoms with E-state index >= 15 is 0 Å². The van der Waals surface area contributed by atoms with E-state index in [2.05, 4.69) is 13.8 Å². The quantitative estimate of drug-likeness (QED) is 0.512. The van der Waals surface area contributed by atoms with Crippen LogP contribution < -0.4 is 4.74 Å². The van der Waals surface area contributed by atoms with Crippen LogP contribution in [0, 0.1) is 0 Å². The van der Waals surface area contributed by atoms with Crippen LogP contribution in [0.25, 0.3) is 0 Å². The van der Waals surface area contributed by atoms with Gasteiger partial charge in [0, 0.05) is 6.42 Å². The Bertz CT molecular complexity index is 624. The van der Waals surface area contributed by atoms with Crippen LogP contribution in [0.3, 0.4) is 0 Å². The van der Waals surface area contributed by atoms with Crippen LogP contribution in [0.2, 0.25) is 0 Å². The van der Waals surface area contributed by atoms with Gasteiger partial charge in [-0.1, -0.05) is 32.4 Å². The topological polar surface area (TPSA) is 63.2 Å². The molecule has 1 aromatic carbocycles. The van der Waals surface area contributed by atoms with Crippen molar-refractivity contribution < 1.29 is 27.6 Å². The zero-order chi connectivity index (χ0) is 16.3. The molecular weight excluding hydrogens is 319 g/mol. The third kappa shape index (κ3) is 3.82. The Morgan fingerprint density at radius 3 is 2.52 bits per heavy atom. The second-order valence-electron chi connectivity index (χ2n) is 5.42. The van der Waals surface area contributed by atoms with Crippen LogP contribution in [0.5, 0.6) is 5.75 Å². The highest BCUT2D eigenvalue weighted by molar-refractivity contribution is 7.49. The maximum Gasteiger partial charge on any atom is 0.590 e. The van der Waals surface area contributed by atoms with Gasteiger partial charge in [0.2, 0.25) is 12.0 Å². The van der Waals surface area contributed by atoms with Gasteiger partial charge >= 0.3 is 13.8 Å². The molecule has 23 heavy (non-hydrogen) atoms. The van der Waals surface area contributed by atoms with Crippen molar-refractivity contribution in [2.24, 2.45) is 0 Å². The molecule has 0 amide bonds. The van der Waals surface area contributed by atoms with Crippen molar-refractivity contribution in [1.29, 1.82) is 0 Å². The molecule has 3 rings (SSSR count). The van der Waals surface area contributed by atoms with Gasteiger partial charge in [-0.15, -0.1) is 0 Å². The Balaban J connectivity index is 1.66. The summed E-state index contributed by atoms with van der Waals surface area (Å²) in [5, 5.41) is 0. The molecule has 2 atom stereocenters. The number of hydrogen-bond acceptors (Lipinski definition) is 6. The minimum absolute atomic E-state index is 0.109. The zero-order valence-corrected chi connectivity index (χ0v) is 14.2. The smallest absolute Gasteiger partial charge is 0.455 e. The lowest BCUT2D eigenvalue weighted by molar-refractivity contribution is -0.0859.